The van der Waals surface area contributed by atoms with Gasteiger partial charge in [0.2, 0.25) is 6.33 Å². The molecule has 0 bridgehead atoms. The number of H-pyrrole nitrogens is 2. The van der Waals surface area contributed by atoms with Gasteiger partial charge in [0.05, 0.1) is 0 Å². The van der Waals surface area contributed by atoms with Gasteiger partial charge >= 0.3 is 0 Å². The average molecular weight is 113 g/mol. The van der Waals surface area contributed by atoms with E-state index in [1.54, 1.807) is 6.33 Å². The smallest absolute Gasteiger partial charge is 0.239 e. The minimum atomic E-state index is 0.0787. The summed E-state index contributed by atoms with van der Waals surface area (Å²) < 4.78 is 0. The summed E-state index contributed by atoms with van der Waals surface area (Å²) in [7, 11) is 0. The lowest BCUT2D eigenvalue weighted by Gasteiger charge is -1.80. The lowest BCUT2D eigenvalue weighted by atomic mass is 10.4. The molecule has 0 saturated heterocycles. The van der Waals surface area contributed by atoms with Crippen molar-refractivity contribution in [3.63, 3.8) is 0 Å². The van der Waals surface area contributed by atoms with Crippen LogP contribution in [-0.4, -0.2) is 10.1 Å². The van der Waals surface area contributed by atoms with Crippen LogP contribution in [0.3, 0.4) is 0 Å². The normalized spacial score (nSPS) is 9.75. The summed E-state index contributed by atoms with van der Waals surface area (Å²) in [6.45, 7) is 1.98. The Morgan fingerprint density at radius 2 is 2.62 bits per heavy atom. The maximum absolute atomic E-state index is 8.56. The van der Waals surface area contributed by atoms with Gasteiger partial charge in [-0.3, -0.25) is 0 Å². The van der Waals surface area contributed by atoms with Gasteiger partial charge in [0.25, 0.3) is 0 Å². The summed E-state index contributed by atoms with van der Waals surface area (Å²) in [5, 5.41) is 8.56. The Labute approximate surface area is 47.4 Å². The zero-order valence-electron chi connectivity index (χ0n) is 4.73. The number of aryl methyl sites for hydroxylation is 1. The molecule has 0 aliphatic rings. The molecule has 1 aromatic rings. The summed E-state index contributed by atoms with van der Waals surface area (Å²) in [6.07, 6.45) is 1.70. The second kappa shape index (κ2) is 1.96. The summed E-state index contributed by atoms with van der Waals surface area (Å²) in [5.41, 5.74) is 1.84. The van der Waals surface area contributed by atoms with Crippen LogP contribution in [0.2, 0.25) is 0 Å². The van der Waals surface area contributed by atoms with Gasteiger partial charge in [0, 0.05) is 6.92 Å². The predicted molar refractivity (Wildman–Crippen MR) is 28.0 cm³/mol. The van der Waals surface area contributed by atoms with Crippen molar-refractivity contribution in [1.82, 2.24) is 4.98 Å². The third-order valence-corrected chi connectivity index (χ3v) is 1.15. The third kappa shape index (κ3) is 0.721. The predicted octanol–water partition coefficient (Wildman–Crippen LogP) is -0.370. The molecule has 1 heterocycles. The lowest BCUT2D eigenvalue weighted by molar-refractivity contribution is -0.392. The number of aliphatic hydroxyl groups is 1. The number of aromatic amines is 2. The van der Waals surface area contributed by atoms with Gasteiger partial charge in [-0.05, 0) is 0 Å². The van der Waals surface area contributed by atoms with E-state index in [2.05, 4.69) is 9.97 Å². The first-order valence-electron chi connectivity index (χ1n) is 2.50. The van der Waals surface area contributed by atoms with Crippen LogP contribution in [0.4, 0.5) is 0 Å². The maximum atomic E-state index is 8.56. The molecule has 44 valence electrons. The van der Waals surface area contributed by atoms with Crippen molar-refractivity contribution in [3.05, 3.63) is 17.7 Å². The Kier molecular flexibility index (Phi) is 1.30. The standard InChI is InChI=1S/C5H8N2O/c1-4-5(2-8)7-3-6-4/h3,8H,2H2,1H3,(H,6,7)/p+1. The molecule has 0 fully saturated rings. The monoisotopic (exact) mass is 113 g/mol. The van der Waals surface area contributed by atoms with Gasteiger partial charge in [0.15, 0.2) is 5.69 Å². The Bertz CT molecular complexity index is 171. The Balaban J connectivity index is 2.92. The highest BCUT2D eigenvalue weighted by atomic mass is 16.3. The molecule has 0 aliphatic carbocycles. The fourth-order valence-corrected chi connectivity index (χ4v) is 0.591. The second-order valence-corrected chi connectivity index (χ2v) is 1.69. The topological polar surface area (TPSA) is 50.2 Å². The van der Waals surface area contributed by atoms with E-state index < -0.39 is 0 Å². The number of hydrogen-bond acceptors (Lipinski definition) is 1. The molecule has 1 aromatic heterocycles. The van der Waals surface area contributed by atoms with E-state index in [0.717, 1.165) is 11.4 Å². The fourth-order valence-electron chi connectivity index (χ4n) is 0.591. The summed E-state index contributed by atoms with van der Waals surface area (Å²) in [6, 6.07) is 0. The van der Waals surface area contributed by atoms with Gasteiger partial charge in [-0.2, -0.15) is 0 Å². The summed E-state index contributed by atoms with van der Waals surface area (Å²) >= 11 is 0. The van der Waals surface area contributed by atoms with Gasteiger partial charge in [-0.1, -0.05) is 0 Å². The fraction of sp³-hybridized carbons (Fsp3) is 0.400. The molecule has 8 heavy (non-hydrogen) atoms. The Hall–Kier alpha value is -0.830. The molecule has 0 saturated carbocycles. The number of imidazole rings is 1. The van der Waals surface area contributed by atoms with Crippen LogP contribution < -0.4 is 4.98 Å². The van der Waals surface area contributed by atoms with E-state index in [0.29, 0.717) is 0 Å². The third-order valence-electron chi connectivity index (χ3n) is 1.15. The number of aromatic nitrogens is 2. The molecule has 0 radical (unpaired) electrons. The highest BCUT2D eigenvalue weighted by molar-refractivity contribution is 4.99. The quantitative estimate of drug-likeness (QED) is 0.513. The Morgan fingerprint density at radius 1 is 1.88 bits per heavy atom. The van der Waals surface area contributed by atoms with Crippen LogP contribution in [0.15, 0.2) is 6.33 Å². The zero-order chi connectivity index (χ0) is 5.98. The number of aliphatic hydroxyl groups excluding tert-OH is 1. The van der Waals surface area contributed by atoms with E-state index in [-0.39, 0.29) is 6.61 Å². The molecule has 0 unspecified atom stereocenters. The molecule has 1 rings (SSSR count). The molecular formula is C5H9N2O+. The first-order valence-corrected chi connectivity index (χ1v) is 2.50. The van der Waals surface area contributed by atoms with E-state index in [9.17, 15) is 0 Å². The summed E-state index contributed by atoms with van der Waals surface area (Å²) in [4.78, 5) is 5.75. The minimum absolute atomic E-state index is 0.0787. The molecule has 0 amide bonds. The largest absolute Gasteiger partial charge is 0.388 e. The molecule has 0 atom stereocenters. The molecule has 3 heteroatoms. The van der Waals surface area contributed by atoms with Crippen molar-refractivity contribution in [2.75, 3.05) is 0 Å². The van der Waals surface area contributed by atoms with E-state index >= 15 is 0 Å². The van der Waals surface area contributed by atoms with Crippen molar-refractivity contribution in [3.8, 4) is 0 Å². The van der Waals surface area contributed by atoms with Crippen LogP contribution >= 0.6 is 0 Å². The van der Waals surface area contributed by atoms with E-state index in [1.165, 1.54) is 0 Å². The SMILES string of the molecule is Cc1[nH]c[nH+]c1CO. The average Bonchev–Trinajstić information content (AvgIpc) is 2.14. The van der Waals surface area contributed by atoms with Crippen molar-refractivity contribution in [2.45, 2.75) is 13.5 Å². The minimum Gasteiger partial charge on any atom is -0.388 e. The van der Waals surface area contributed by atoms with E-state index in [4.69, 9.17) is 5.11 Å². The van der Waals surface area contributed by atoms with Crippen molar-refractivity contribution >= 4 is 0 Å². The van der Waals surface area contributed by atoms with E-state index in [1.807, 2.05) is 6.92 Å². The second-order valence-electron chi connectivity index (χ2n) is 1.69. The van der Waals surface area contributed by atoms with Crippen LogP contribution in [0.25, 0.3) is 0 Å². The molecule has 0 aliphatic heterocycles. The first kappa shape index (κ1) is 5.31. The maximum Gasteiger partial charge on any atom is 0.239 e. The van der Waals surface area contributed by atoms with Gasteiger partial charge < -0.3 is 5.11 Å². The lowest BCUT2D eigenvalue weighted by Crippen LogP contribution is -2.04. The van der Waals surface area contributed by atoms with Gasteiger partial charge in [0.1, 0.15) is 12.3 Å². The molecule has 3 N–H and O–H groups in total. The molecule has 3 nitrogen and oxygen atoms in total. The Morgan fingerprint density at radius 3 is 2.88 bits per heavy atom. The molecule has 0 spiro atoms. The number of nitrogens with one attached hydrogen (secondary N) is 2. The highest BCUT2D eigenvalue weighted by Crippen LogP contribution is 1.92. The van der Waals surface area contributed by atoms with Crippen LogP contribution in [0.1, 0.15) is 11.4 Å². The number of rotatable bonds is 1. The van der Waals surface area contributed by atoms with Crippen LogP contribution in [0, 0.1) is 6.92 Å². The van der Waals surface area contributed by atoms with Crippen molar-refractivity contribution in [2.24, 2.45) is 0 Å². The number of hydrogen-bond donors (Lipinski definition) is 2. The van der Waals surface area contributed by atoms with Crippen LogP contribution in [-0.2, 0) is 6.61 Å². The van der Waals surface area contributed by atoms with Gasteiger partial charge in [-0.15, -0.1) is 0 Å². The first-order chi connectivity index (χ1) is 3.84. The van der Waals surface area contributed by atoms with Crippen molar-refractivity contribution in [1.29, 1.82) is 0 Å². The highest BCUT2D eigenvalue weighted by Gasteiger charge is 2.01. The zero-order valence-corrected chi connectivity index (χ0v) is 4.73. The molecular weight excluding hydrogens is 104 g/mol. The molecule has 0 aromatic carbocycles. The van der Waals surface area contributed by atoms with Gasteiger partial charge in [-0.25, -0.2) is 9.97 Å². The summed E-state index contributed by atoms with van der Waals surface area (Å²) in [5.74, 6) is 0. The van der Waals surface area contributed by atoms with Crippen LogP contribution in [0.5, 0.6) is 0 Å². The van der Waals surface area contributed by atoms with Crippen molar-refractivity contribution < 1.29 is 10.1 Å².